The fourth-order valence-corrected chi connectivity index (χ4v) is 4.67. The van der Waals surface area contributed by atoms with Crippen molar-refractivity contribution in [1.82, 2.24) is 15.0 Å². The van der Waals surface area contributed by atoms with Crippen LogP contribution >= 0.6 is 0 Å². The van der Waals surface area contributed by atoms with E-state index in [-0.39, 0.29) is 8.90 Å². The van der Waals surface area contributed by atoms with Gasteiger partial charge in [0.1, 0.15) is 5.75 Å². The number of nitrogens with zero attached hydrogens (tertiary/aromatic N) is 1. The minimum atomic E-state index is -3.42. The van der Waals surface area contributed by atoms with Gasteiger partial charge in [0.2, 0.25) is 16.4 Å². The molecule has 30 heavy (non-hydrogen) atoms. The number of aromatic nitrogens is 1. The van der Waals surface area contributed by atoms with Gasteiger partial charge < -0.3 is 10.1 Å². The van der Waals surface area contributed by atoms with Crippen LogP contribution in [-0.2, 0) is 21.4 Å². The second-order valence-corrected chi connectivity index (χ2v) is 8.89. The van der Waals surface area contributed by atoms with E-state index >= 15 is 0 Å². The lowest BCUT2D eigenvalue weighted by Crippen LogP contribution is -2.36. The number of pyridine rings is 1. The summed E-state index contributed by atoms with van der Waals surface area (Å²) in [7, 11) is -3.42. The number of amides is 1. The minimum absolute atomic E-state index is 0. The number of carbonyl (C=O) groups excluding carboxylic acids is 1. The summed E-state index contributed by atoms with van der Waals surface area (Å²) >= 11 is 0. The van der Waals surface area contributed by atoms with Gasteiger partial charge in [-0.05, 0) is 62.1 Å². The van der Waals surface area contributed by atoms with E-state index in [9.17, 15) is 13.2 Å². The summed E-state index contributed by atoms with van der Waals surface area (Å²) in [6.07, 6.45) is 9.39. The first-order valence-corrected chi connectivity index (χ1v) is 11.8. The highest BCUT2D eigenvalue weighted by molar-refractivity contribution is 7.89. The molecule has 8 heteroatoms. The Labute approximate surface area is 182 Å². The normalized spacial score (nSPS) is 14.3. The fourth-order valence-electron chi connectivity index (χ4n) is 3.28. The Bertz CT molecular complexity index is 893. The molecule has 1 aromatic heterocycles. The van der Waals surface area contributed by atoms with Gasteiger partial charge in [0.15, 0.2) is 0 Å². The quantitative estimate of drug-likeness (QED) is 0.612. The maximum absolute atomic E-state index is 12.4. The van der Waals surface area contributed by atoms with Crippen LogP contribution in [0.5, 0.6) is 5.75 Å². The zero-order chi connectivity index (χ0) is 21.8. The van der Waals surface area contributed by atoms with Crippen molar-refractivity contribution < 1.29 is 20.8 Å². The van der Waals surface area contributed by atoms with Crippen molar-refractivity contribution in [1.29, 1.82) is 0 Å². The number of nitrogens with one attached hydrogen (secondary N) is 2. The maximum atomic E-state index is 12.4. The number of ether oxygens (including phenoxy) is 1. The largest absolute Gasteiger partial charge is 0.494 e. The highest BCUT2D eigenvalue weighted by Gasteiger charge is 2.22. The second-order valence-electron chi connectivity index (χ2n) is 7.18. The summed E-state index contributed by atoms with van der Waals surface area (Å²) in [5, 5.41) is 2.54. The van der Waals surface area contributed by atoms with Crippen molar-refractivity contribution in [3.8, 4) is 5.75 Å². The summed E-state index contributed by atoms with van der Waals surface area (Å²) in [6.45, 7) is 4.91. The Morgan fingerprint density at radius 2 is 2.00 bits per heavy atom. The molecular weight excluding hydrogens is 402 g/mol. The van der Waals surface area contributed by atoms with E-state index in [0.717, 1.165) is 42.6 Å². The predicted octanol–water partition coefficient (Wildman–Crippen LogP) is 3.82. The molecule has 0 aliphatic heterocycles. The van der Waals surface area contributed by atoms with E-state index in [1.807, 2.05) is 26.0 Å². The van der Waals surface area contributed by atoms with Gasteiger partial charge in [0.25, 0.3) is 0 Å². The average Bonchev–Trinajstić information content (AvgIpc) is 2.75. The van der Waals surface area contributed by atoms with Gasteiger partial charge in [0.05, 0.1) is 11.5 Å². The molecule has 1 fully saturated rings. The van der Waals surface area contributed by atoms with E-state index in [0.29, 0.717) is 24.5 Å². The van der Waals surface area contributed by atoms with Crippen molar-refractivity contribution >= 4 is 16.4 Å². The third-order valence-corrected chi connectivity index (χ3v) is 6.31. The van der Waals surface area contributed by atoms with E-state index in [1.54, 1.807) is 30.6 Å². The van der Waals surface area contributed by atoms with Crippen molar-refractivity contribution in [2.75, 3.05) is 6.61 Å². The maximum Gasteiger partial charge on any atom is 0.240 e. The highest BCUT2D eigenvalue weighted by atomic mass is 32.2. The molecule has 2 N–H and O–H groups in total. The summed E-state index contributed by atoms with van der Waals surface area (Å²) in [5.74, 6) is 0.740. The molecule has 0 unspecified atom stereocenters. The lowest BCUT2D eigenvalue weighted by atomic mass is 9.96. The molecule has 1 aliphatic carbocycles. The van der Waals surface area contributed by atoms with E-state index in [2.05, 4.69) is 15.0 Å². The molecule has 1 saturated carbocycles. The van der Waals surface area contributed by atoms with Crippen molar-refractivity contribution in [3.05, 3.63) is 53.9 Å². The topological polar surface area (TPSA) is 97.4 Å². The van der Waals surface area contributed by atoms with Gasteiger partial charge in [-0.1, -0.05) is 25.3 Å². The predicted molar refractivity (Wildman–Crippen MR) is 121 cm³/mol. The molecule has 1 aromatic carbocycles. The summed E-state index contributed by atoms with van der Waals surface area (Å²) in [6, 6.07) is 8.85. The van der Waals surface area contributed by atoms with Crippen LogP contribution in [0.2, 0.25) is 0 Å². The Morgan fingerprint density at radius 3 is 2.60 bits per heavy atom. The van der Waals surface area contributed by atoms with Crippen LogP contribution in [-0.4, -0.2) is 32.5 Å². The number of aryl methyl sites for hydroxylation is 1. The molecule has 1 heterocycles. The van der Waals surface area contributed by atoms with Crippen LogP contribution in [0.25, 0.3) is 0 Å². The number of sulfonamides is 1. The number of rotatable bonds is 8. The standard InChI is InChI=1S/C15H23NO3S.C7H8N2O.2H2/c1-3-19-15-10-9-14(11-12(15)2)20(17,18)16-13-7-5-4-6-8-13;10-6-9-5-7-2-1-3-8-4-7;;/h9-11,13,16H,3-8H2,1-2H3;1-4,6H,5H2,(H,9,10);2*1H. The van der Waals surface area contributed by atoms with Gasteiger partial charge in [0, 0.05) is 27.8 Å². The van der Waals surface area contributed by atoms with E-state index < -0.39 is 10.0 Å². The summed E-state index contributed by atoms with van der Waals surface area (Å²) in [4.78, 5) is 14.1. The second kappa shape index (κ2) is 12.3. The van der Waals surface area contributed by atoms with Gasteiger partial charge in [-0.15, -0.1) is 0 Å². The van der Waals surface area contributed by atoms with Crippen LogP contribution in [0.3, 0.4) is 0 Å². The van der Waals surface area contributed by atoms with Gasteiger partial charge in [-0.25, -0.2) is 13.1 Å². The third kappa shape index (κ3) is 7.76. The molecule has 0 spiro atoms. The van der Waals surface area contributed by atoms with Crippen LogP contribution in [0.1, 0.15) is 53.0 Å². The minimum Gasteiger partial charge on any atom is -0.494 e. The molecule has 1 amide bonds. The molecule has 2 aromatic rings. The number of carbonyl (C=O) groups is 1. The zero-order valence-corrected chi connectivity index (χ0v) is 18.5. The Morgan fingerprint density at radius 1 is 1.23 bits per heavy atom. The van der Waals surface area contributed by atoms with E-state index in [4.69, 9.17) is 4.74 Å². The molecule has 0 radical (unpaired) electrons. The average molecular weight is 438 g/mol. The van der Waals surface area contributed by atoms with Crippen LogP contribution in [0, 0.1) is 6.92 Å². The molecular formula is C22H35N3O4S. The lowest BCUT2D eigenvalue weighted by Gasteiger charge is -2.22. The van der Waals surface area contributed by atoms with Gasteiger partial charge >= 0.3 is 0 Å². The van der Waals surface area contributed by atoms with Crippen LogP contribution < -0.4 is 14.8 Å². The van der Waals surface area contributed by atoms with Crippen molar-refractivity contribution in [2.45, 2.75) is 63.4 Å². The zero-order valence-electron chi connectivity index (χ0n) is 17.6. The van der Waals surface area contributed by atoms with Gasteiger partial charge in [-0.3, -0.25) is 9.78 Å². The first-order valence-electron chi connectivity index (χ1n) is 10.3. The monoisotopic (exact) mass is 437 g/mol. The van der Waals surface area contributed by atoms with Crippen LogP contribution in [0.15, 0.2) is 47.6 Å². The first-order chi connectivity index (χ1) is 14.5. The number of hydrogen-bond acceptors (Lipinski definition) is 5. The molecule has 0 bridgehead atoms. The van der Waals surface area contributed by atoms with Gasteiger partial charge in [-0.2, -0.15) is 0 Å². The molecule has 0 saturated heterocycles. The number of benzene rings is 1. The first kappa shape index (κ1) is 23.8. The third-order valence-electron chi connectivity index (χ3n) is 4.80. The number of hydrogen-bond donors (Lipinski definition) is 2. The fraction of sp³-hybridized carbons (Fsp3) is 0.455. The molecule has 0 atom stereocenters. The molecule has 168 valence electrons. The Balaban J connectivity index is 0.000000683. The lowest BCUT2D eigenvalue weighted by molar-refractivity contribution is -0.109. The SMILES string of the molecule is CCOc1ccc(S(=O)(=O)NC2CCCCC2)cc1C.O=CNCc1cccnc1.[HH].[HH]. The van der Waals surface area contributed by atoms with Crippen molar-refractivity contribution in [2.24, 2.45) is 0 Å². The molecule has 7 nitrogen and oxygen atoms in total. The molecule has 3 rings (SSSR count). The van der Waals surface area contributed by atoms with Crippen molar-refractivity contribution in [3.63, 3.8) is 0 Å². The van der Waals surface area contributed by atoms with Crippen LogP contribution in [0.4, 0.5) is 0 Å². The summed E-state index contributed by atoms with van der Waals surface area (Å²) in [5.41, 5.74) is 1.85. The van der Waals surface area contributed by atoms with E-state index in [1.165, 1.54) is 6.42 Å². The smallest absolute Gasteiger partial charge is 0.240 e. The summed E-state index contributed by atoms with van der Waals surface area (Å²) < 4.78 is 33.0. The highest BCUT2D eigenvalue weighted by Crippen LogP contribution is 2.24. The Hall–Kier alpha value is -2.45. The molecule has 1 aliphatic rings. The Kier molecular flexibility index (Phi) is 9.76.